The number of ketones is 1. The molecule has 4 aliphatic carbocycles. The molecule has 0 bridgehead atoms. The maximum atomic E-state index is 12.6. The van der Waals surface area contributed by atoms with Gasteiger partial charge >= 0.3 is 0 Å². The summed E-state index contributed by atoms with van der Waals surface area (Å²) >= 11 is 0. The molecule has 128 valence electrons. The number of carbonyl (C=O) groups is 1. The van der Waals surface area contributed by atoms with E-state index in [4.69, 9.17) is 0 Å². The van der Waals surface area contributed by atoms with Crippen LogP contribution in [0.15, 0.2) is 11.6 Å². The zero-order valence-corrected chi connectivity index (χ0v) is 14.6. The van der Waals surface area contributed by atoms with Crippen molar-refractivity contribution in [2.24, 2.45) is 34.5 Å². The molecular formula is C20H30O3. The maximum Gasteiger partial charge on any atom is 0.167 e. The van der Waals surface area contributed by atoms with Crippen molar-refractivity contribution in [3.8, 4) is 0 Å². The number of hydrogen-bond acceptors (Lipinski definition) is 3. The zero-order chi connectivity index (χ0) is 16.6. The first-order chi connectivity index (χ1) is 10.8. The molecule has 23 heavy (non-hydrogen) atoms. The Morgan fingerprint density at radius 1 is 1.22 bits per heavy atom. The lowest BCUT2D eigenvalue weighted by atomic mass is 9.45. The summed E-state index contributed by atoms with van der Waals surface area (Å²) in [6, 6.07) is 0. The number of aliphatic hydroxyl groups is 2. The third-order valence-corrected chi connectivity index (χ3v) is 8.06. The molecule has 0 heterocycles. The summed E-state index contributed by atoms with van der Waals surface area (Å²) in [6.07, 6.45) is 6.83. The number of Topliss-reactive ketones (excluding diaryl/α,β-unsaturated/α-hetero) is 1. The van der Waals surface area contributed by atoms with E-state index in [1.807, 2.05) is 0 Å². The number of allylic oxidation sites excluding steroid dienone is 1. The minimum Gasteiger partial charge on any atom is -0.393 e. The van der Waals surface area contributed by atoms with Crippen LogP contribution in [-0.4, -0.2) is 28.2 Å². The monoisotopic (exact) mass is 318 g/mol. The average Bonchev–Trinajstić information content (AvgIpc) is 2.71. The van der Waals surface area contributed by atoms with Gasteiger partial charge in [-0.05, 0) is 67.6 Å². The lowest BCUT2D eigenvalue weighted by molar-refractivity contribution is -0.139. The number of carbonyl (C=O) groups excluding carboxylic acids is 1. The topological polar surface area (TPSA) is 57.5 Å². The highest BCUT2D eigenvalue weighted by molar-refractivity contribution is 5.91. The van der Waals surface area contributed by atoms with E-state index in [-0.39, 0.29) is 22.7 Å². The van der Waals surface area contributed by atoms with E-state index < -0.39 is 6.10 Å². The molecule has 0 amide bonds. The minimum absolute atomic E-state index is 0.0896. The van der Waals surface area contributed by atoms with Gasteiger partial charge < -0.3 is 10.2 Å². The van der Waals surface area contributed by atoms with Gasteiger partial charge in [0.05, 0.1) is 6.10 Å². The highest BCUT2D eigenvalue weighted by Crippen LogP contribution is 2.65. The van der Waals surface area contributed by atoms with Crippen molar-refractivity contribution in [1.82, 2.24) is 0 Å². The number of fused-ring (bicyclic) bond motifs is 5. The first kappa shape index (κ1) is 15.8. The predicted octanol–water partition coefficient (Wildman–Crippen LogP) is 3.10. The number of aliphatic hydroxyl groups excluding tert-OH is 2. The summed E-state index contributed by atoms with van der Waals surface area (Å²) in [5.74, 6) is 2.01. The van der Waals surface area contributed by atoms with E-state index in [0.29, 0.717) is 30.1 Å². The molecule has 0 spiro atoms. The highest BCUT2D eigenvalue weighted by atomic mass is 16.3. The van der Waals surface area contributed by atoms with E-state index in [9.17, 15) is 15.0 Å². The Morgan fingerprint density at radius 2 is 1.96 bits per heavy atom. The molecule has 0 radical (unpaired) electrons. The second-order valence-electron chi connectivity index (χ2n) is 9.29. The van der Waals surface area contributed by atoms with Crippen molar-refractivity contribution in [3.63, 3.8) is 0 Å². The van der Waals surface area contributed by atoms with Crippen molar-refractivity contribution in [2.45, 2.75) is 71.5 Å². The Labute approximate surface area is 139 Å². The molecule has 4 aliphatic rings. The Kier molecular flexibility index (Phi) is 3.39. The normalized spacial score (nSPS) is 55.7. The molecular weight excluding hydrogens is 288 g/mol. The molecule has 4 rings (SSSR count). The van der Waals surface area contributed by atoms with Crippen LogP contribution < -0.4 is 0 Å². The Morgan fingerprint density at radius 3 is 2.70 bits per heavy atom. The van der Waals surface area contributed by atoms with Crippen molar-refractivity contribution in [2.75, 3.05) is 0 Å². The van der Waals surface area contributed by atoms with E-state index in [1.165, 1.54) is 5.57 Å². The summed E-state index contributed by atoms with van der Waals surface area (Å²) in [5, 5.41) is 20.3. The van der Waals surface area contributed by atoms with Gasteiger partial charge in [-0.25, -0.2) is 0 Å². The summed E-state index contributed by atoms with van der Waals surface area (Å²) in [4.78, 5) is 12.6. The summed E-state index contributed by atoms with van der Waals surface area (Å²) in [6.45, 7) is 6.82. The molecule has 3 saturated carbocycles. The summed E-state index contributed by atoms with van der Waals surface area (Å²) < 4.78 is 0. The average molecular weight is 318 g/mol. The van der Waals surface area contributed by atoms with Gasteiger partial charge in [0, 0.05) is 5.41 Å². The minimum atomic E-state index is -0.748. The zero-order valence-electron chi connectivity index (χ0n) is 14.6. The van der Waals surface area contributed by atoms with Crippen LogP contribution in [0, 0.1) is 34.5 Å². The van der Waals surface area contributed by atoms with Gasteiger partial charge in [-0.15, -0.1) is 0 Å². The van der Waals surface area contributed by atoms with Gasteiger partial charge in [-0.1, -0.05) is 32.4 Å². The molecule has 0 aromatic carbocycles. The van der Waals surface area contributed by atoms with Crippen LogP contribution in [0.1, 0.15) is 59.3 Å². The second-order valence-corrected chi connectivity index (χ2v) is 9.29. The van der Waals surface area contributed by atoms with Gasteiger partial charge in [-0.2, -0.15) is 0 Å². The van der Waals surface area contributed by atoms with Crippen molar-refractivity contribution in [1.29, 1.82) is 0 Å². The lowest BCUT2D eigenvalue weighted by Gasteiger charge is -2.59. The van der Waals surface area contributed by atoms with Crippen molar-refractivity contribution in [3.05, 3.63) is 11.6 Å². The van der Waals surface area contributed by atoms with E-state index in [2.05, 4.69) is 26.8 Å². The molecule has 0 aromatic heterocycles. The smallest absolute Gasteiger partial charge is 0.167 e. The van der Waals surface area contributed by atoms with Gasteiger partial charge in [0.15, 0.2) is 5.78 Å². The van der Waals surface area contributed by atoms with Crippen LogP contribution in [0.5, 0.6) is 0 Å². The summed E-state index contributed by atoms with van der Waals surface area (Å²) in [7, 11) is 0. The first-order valence-corrected chi connectivity index (χ1v) is 9.37. The number of hydrogen-bond donors (Lipinski definition) is 2. The van der Waals surface area contributed by atoms with Crippen LogP contribution in [0.25, 0.3) is 0 Å². The molecule has 3 fully saturated rings. The van der Waals surface area contributed by atoms with Crippen LogP contribution in [0.3, 0.4) is 0 Å². The molecule has 2 N–H and O–H groups in total. The first-order valence-electron chi connectivity index (χ1n) is 9.37. The lowest BCUT2D eigenvalue weighted by Crippen LogP contribution is -2.53. The molecule has 0 aromatic rings. The van der Waals surface area contributed by atoms with Crippen LogP contribution >= 0.6 is 0 Å². The summed E-state index contributed by atoms with van der Waals surface area (Å²) in [5.41, 5.74) is 1.31. The Bertz CT molecular complexity index is 567. The van der Waals surface area contributed by atoms with Gasteiger partial charge in [-0.3, -0.25) is 4.79 Å². The third-order valence-electron chi connectivity index (χ3n) is 8.06. The SMILES string of the molecule is C[C@H]1C[C@]2(C)C(=O)[C@H](O)CC2C2CC=C3C[C@@H](O)CC[C@]3(C)C21. The predicted molar refractivity (Wildman–Crippen MR) is 88.7 cm³/mol. The molecule has 0 aliphatic heterocycles. The van der Waals surface area contributed by atoms with E-state index >= 15 is 0 Å². The molecule has 3 nitrogen and oxygen atoms in total. The second kappa shape index (κ2) is 4.92. The van der Waals surface area contributed by atoms with Crippen molar-refractivity contribution < 1.29 is 15.0 Å². The van der Waals surface area contributed by atoms with E-state index in [1.54, 1.807) is 0 Å². The van der Waals surface area contributed by atoms with Gasteiger partial charge in [0.2, 0.25) is 0 Å². The van der Waals surface area contributed by atoms with Crippen LogP contribution in [0.2, 0.25) is 0 Å². The molecule has 3 heteroatoms. The quantitative estimate of drug-likeness (QED) is 0.675. The highest BCUT2D eigenvalue weighted by Gasteiger charge is 2.62. The number of rotatable bonds is 0. The molecule has 0 saturated heterocycles. The maximum absolute atomic E-state index is 12.6. The van der Waals surface area contributed by atoms with E-state index in [0.717, 1.165) is 32.1 Å². The fraction of sp³-hybridized carbons (Fsp3) is 0.850. The fourth-order valence-corrected chi connectivity index (χ4v) is 7.14. The van der Waals surface area contributed by atoms with Gasteiger partial charge in [0.1, 0.15) is 6.10 Å². The third kappa shape index (κ3) is 1.99. The Hall–Kier alpha value is -0.670. The van der Waals surface area contributed by atoms with Gasteiger partial charge in [0.25, 0.3) is 0 Å². The molecule has 3 unspecified atom stereocenters. The fourth-order valence-electron chi connectivity index (χ4n) is 7.14. The molecule has 8 atom stereocenters. The van der Waals surface area contributed by atoms with Crippen LogP contribution in [0.4, 0.5) is 0 Å². The Balaban J connectivity index is 1.75. The van der Waals surface area contributed by atoms with Crippen LogP contribution in [-0.2, 0) is 4.79 Å². The largest absolute Gasteiger partial charge is 0.393 e. The standard InChI is InChI=1S/C20H30O3/c1-11-10-20(3)15(9-16(22)18(20)23)14-5-4-12-8-13(21)6-7-19(12,2)17(11)14/h4,11,13-17,21-22H,5-10H2,1-3H3/t11-,13-,14?,15?,16+,17?,19-,20-/m0/s1. The van der Waals surface area contributed by atoms with Crippen molar-refractivity contribution >= 4 is 5.78 Å².